The minimum absolute atomic E-state index is 0.0212. The normalized spacial score (nSPS) is 18.2. The number of nitrogens with one attached hydrogen (secondary N) is 1. The SMILES string of the molecule is Cc1nc2ccc(NC(=O)COCC3CCCO3)cc2o1. The predicted molar refractivity (Wildman–Crippen MR) is 77.2 cm³/mol. The first-order valence-corrected chi connectivity index (χ1v) is 7.07. The van der Waals surface area contributed by atoms with E-state index >= 15 is 0 Å². The van der Waals surface area contributed by atoms with Gasteiger partial charge in [-0.2, -0.15) is 0 Å². The maximum absolute atomic E-state index is 11.8. The summed E-state index contributed by atoms with van der Waals surface area (Å²) < 4.78 is 16.2. The number of carbonyl (C=O) groups is 1. The Kier molecular flexibility index (Phi) is 4.17. The summed E-state index contributed by atoms with van der Waals surface area (Å²) in [7, 11) is 0. The number of aryl methyl sites for hydroxylation is 1. The lowest BCUT2D eigenvalue weighted by Crippen LogP contribution is -2.22. The van der Waals surface area contributed by atoms with Crippen LogP contribution in [0.2, 0.25) is 0 Å². The summed E-state index contributed by atoms with van der Waals surface area (Å²) in [5.74, 6) is 0.414. The zero-order chi connectivity index (χ0) is 14.7. The van der Waals surface area contributed by atoms with Crippen molar-refractivity contribution in [1.29, 1.82) is 0 Å². The fraction of sp³-hybridized carbons (Fsp3) is 0.467. The predicted octanol–water partition coefficient (Wildman–Crippen LogP) is 2.27. The summed E-state index contributed by atoms with van der Waals surface area (Å²) in [6, 6.07) is 5.37. The third-order valence-corrected chi connectivity index (χ3v) is 3.34. The molecule has 1 aromatic carbocycles. The van der Waals surface area contributed by atoms with Crippen molar-refractivity contribution < 1.29 is 18.7 Å². The van der Waals surface area contributed by atoms with E-state index in [-0.39, 0.29) is 18.6 Å². The summed E-state index contributed by atoms with van der Waals surface area (Å²) in [4.78, 5) is 16.0. The molecule has 1 aromatic heterocycles. The van der Waals surface area contributed by atoms with E-state index in [9.17, 15) is 4.79 Å². The zero-order valence-corrected chi connectivity index (χ0v) is 11.9. The van der Waals surface area contributed by atoms with E-state index in [0.29, 0.717) is 23.8 Å². The number of nitrogens with zero attached hydrogens (tertiary/aromatic N) is 1. The smallest absolute Gasteiger partial charge is 0.250 e. The van der Waals surface area contributed by atoms with Crippen LogP contribution in [0.15, 0.2) is 22.6 Å². The average molecular weight is 290 g/mol. The van der Waals surface area contributed by atoms with Crippen molar-refractivity contribution in [1.82, 2.24) is 4.98 Å². The van der Waals surface area contributed by atoms with Crippen molar-refractivity contribution in [3.8, 4) is 0 Å². The molecular formula is C15H18N2O4. The van der Waals surface area contributed by atoms with E-state index < -0.39 is 0 Å². The van der Waals surface area contributed by atoms with Crippen LogP contribution >= 0.6 is 0 Å². The molecule has 2 heterocycles. The summed E-state index contributed by atoms with van der Waals surface area (Å²) in [6.45, 7) is 3.06. The zero-order valence-electron chi connectivity index (χ0n) is 11.9. The minimum atomic E-state index is -0.191. The molecule has 0 radical (unpaired) electrons. The van der Waals surface area contributed by atoms with Crippen LogP contribution in [0.3, 0.4) is 0 Å². The number of oxazole rings is 1. The highest BCUT2D eigenvalue weighted by Gasteiger charge is 2.16. The maximum atomic E-state index is 11.8. The maximum Gasteiger partial charge on any atom is 0.250 e. The lowest BCUT2D eigenvalue weighted by Gasteiger charge is -2.10. The number of aromatic nitrogens is 1. The van der Waals surface area contributed by atoms with Crippen LogP contribution < -0.4 is 5.32 Å². The molecule has 0 spiro atoms. The highest BCUT2D eigenvalue weighted by atomic mass is 16.5. The van der Waals surface area contributed by atoms with E-state index in [0.717, 1.165) is 25.0 Å². The van der Waals surface area contributed by atoms with Gasteiger partial charge in [0, 0.05) is 25.3 Å². The first-order valence-electron chi connectivity index (χ1n) is 7.07. The number of hydrogen-bond donors (Lipinski definition) is 1. The highest BCUT2D eigenvalue weighted by Crippen LogP contribution is 2.19. The first-order chi connectivity index (χ1) is 10.2. The third-order valence-electron chi connectivity index (χ3n) is 3.34. The second-order valence-corrected chi connectivity index (χ2v) is 5.11. The Bertz CT molecular complexity index is 632. The number of ether oxygens (including phenoxy) is 2. The van der Waals surface area contributed by atoms with E-state index in [1.54, 1.807) is 19.1 Å². The van der Waals surface area contributed by atoms with Crippen LogP contribution in [-0.4, -0.2) is 36.8 Å². The van der Waals surface area contributed by atoms with E-state index in [1.165, 1.54) is 0 Å². The van der Waals surface area contributed by atoms with Crippen molar-refractivity contribution in [2.24, 2.45) is 0 Å². The lowest BCUT2D eigenvalue weighted by molar-refractivity contribution is -0.121. The molecule has 0 bridgehead atoms. The molecule has 1 atom stereocenters. The fourth-order valence-electron chi connectivity index (χ4n) is 2.37. The molecule has 1 aliphatic heterocycles. The largest absolute Gasteiger partial charge is 0.441 e. The van der Waals surface area contributed by atoms with Gasteiger partial charge in [0.1, 0.15) is 12.1 Å². The molecule has 0 saturated carbocycles. The molecule has 112 valence electrons. The van der Waals surface area contributed by atoms with E-state index in [4.69, 9.17) is 13.9 Å². The van der Waals surface area contributed by atoms with Crippen LogP contribution in [0.5, 0.6) is 0 Å². The lowest BCUT2D eigenvalue weighted by atomic mass is 10.2. The van der Waals surface area contributed by atoms with Crippen LogP contribution in [0.4, 0.5) is 5.69 Å². The molecule has 1 unspecified atom stereocenters. The Morgan fingerprint density at radius 3 is 3.24 bits per heavy atom. The molecule has 1 fully saturated rings. The average Bonchev–Trinajstić information content (AvgIpc) is 3.06. The van der Waals surface area contributed by atoms with Gasteiger partial charge in [-0.3, -0.25) is 4.79 Å². The number of amides is 1. The quantitative estimate of drug-likeness (QED) is 0.914. The van der Waals surface area contributed by atoms with Crippen molar-refractivity contribution in [2.45, 2.75) is 25.9 Å². The summed E-state index contributed by atoms with van der Waals surface area (Å²) in [5.41, 5.74) is 2.11. The Balaban J connectivity index is 1.50. The molecule has 1 saturated heterocycles. The number of carbonyl (C=O) groups excluding carboxylic acids is 1. The topological polar surface area (TPSA) is 73.6 Å². The van der Waals surface area contributed by atoms with Gasteiger partial charge in [-0.15, -0.1) is 0 Å². The molecule has 1 aliphatic rings. The standard InChI is InChI=1S/C15H18N2O4/c1-10-16-13-5-4-11(7-14(13)21-10)17-15(18)9-19-8-12-3-2-6-20-12/h4-5,7,12H,2-3,6,8-9H2,1H3,(H,17,18). The minimum Gasteiger partial charge on any atom is -0.441 e. The van der Waals surface area contributed by atoms with Crippen molar-refractivity contribution >= 4 is 22.7 Å². The van der Waals surface area contributed by atoms with Crippen LogP contribution in [0.25, 0.3) is 11.1 Å². The van der Waals surface area contributed by atoms with E-state index in [1.807, 2.05) is 6.07 Å². The van der Waals surface area contributed by atoms with Gasteiger partial charge >= 0.3 is 0 Å². The molecule has 1 N–H and O–H groups in total. The van der Waals surface area contributed by atoms with Gasteiger partial charge in [-0.1, -0.05) is 0 Å². The molecule has 6 nitrogen and oxygen atoms in total. The number of rotatable bonds is 5. The monoisotopic (exact) mass is 290 g/mol. The van der Waals surface area contributed by atoms with Crippen LogP contribution in [0.1, 0.15) is 18.7 Å². The van der Waals surface area contributed by atoms with Crippen molar-refractivity contribution in [3.63, 3.8) is 0 Å². The van der Waals surface area contributed by atoms with Gasteiger partial charge in [0.25, 0.3) is 0 Å². The van der Waals surface area contributed by atoms with Crippen LogP contribution in [-0.2, 0) is 14.3 Å². The van der Waals surface area contributed by atoms with Gasteiger partial charge in [-0.25, -0.2) is 4.98 Å². The number of benzene rings is 1. The molecule has 1 amide bonds. The Hall–Kier alpha value is -1.92. The summed E-state index contributed by atoms with van der Waals surface area (Å²) in [6.07, 6.45) is 2.20. The van der Waals surface area contributed by atoms with Gasteiger partial charge in [0.2, 0.25) is 5.91 Å². The Morgan fingerprint density at radius 1 is 1.52 bits per heavy atom. The second-order valence-electron chi connectivity index (χ2n) is 5.11. The van der Waals surface area contributed by atoms with E-state index in [2.05, 4.69) is 10.3 Å². The molecule has 6 heteroatoms. The Morgan fingerprint density at radius 2 is 2.43 bits per heavy atom. The Labute approximate surface area is 122 Å². The summed E-state index contributed by atoms with van der Waals surface area (Å²) in [5, 5.41) is 2.78. The van der Waals surface area contributed by atoms with Crippen molar-refractivity contribution in [3.05, 3.63) is 24.1 Å². The van der Waals surface area contributed by atoms with Gasteiger partial charge in [0.05, 0.1) is 12.7 Å². The van der Waals surface area contributed by atoms with Crippen LogP contribution in [0, 0.1) is 6.92 Å². The highest BCUT2D eigenvalue weighted by molar-refractivity contribution is 5.93. The first kappa shape index (κ1) is 14.0. The fourth-order valence-corrected chi connectivity index (χ4v) is 2.37. The van der Waals surface area contributed by atoms with Crippen molar-refractivity contribution in [2.75, 3.05) is 25.1 Å². The molecule has 0 aliphatic carbocycles. The third kappa shape index (κ3) is 3.59. The number of fused-ring (bicyclic) bond motifs is 1. The molecule has 21 heavy (non-hydrogen) atoms. The number of hydrogen-bond acceptors (Lipinski definition) is 5. The molecular weight excluding hydrogens is 272 g/mol. The van der Waals surface area contributed by atoms with Gasteiger partial charge < -0.3 is 19.2 Å². The van der Waals surface area contributed by atoms with Gasteiger partial charge in [-0.05, 0) is 25.0 Å². The molecule has 2 aromatic rings. The van der Waals surface area contributed by atoms with Gasteiger partial charge in [0.15, 0.2) is 11.5 Å². The number of anilines is 1. The second kappa shape index (κ2) is 6.24. The summed E-state index contributed by atoms with van der Waals surface area (Å²) >= 11 is 0. The molecule has 3 rings (SSSR count).